The fourth-order valence-corrected chi connectivity index (χ4v) is 3.91. The number of nitrogens with one attached hydrogen (secondary N) is 1. The summed E-state index contributed by atoms with van der Waals surface area (Å²) in [5.41, 5.74) is 1.09. The van der Waals surface area contributed by atoms with Crippen LogP contribution in [0.3, 0.4) is 0 Å². The van der Waals surface area contributed by atoms with E-state index < -0.39 is 11.4 Å². The zero-order valence-corrected chi connectivity index (χ0v) is 18.7. The van der Waals surface area contributed by atoms with Gasteiger partial charge in [0.15, 0.2) is 0 Å². The highest BCUT2D eigenvalue weighted by atomic mass is 19.1. The van der Waals surface area contributed by atoms with Crippen LogP contribution in [0.5, 0.6) is 0 Å². The standard InChI is InChI=1S/C25H27FN4O2/c1-24(2,3)21-14-20-22(31)30(19-12-10-18(26)11-13-19)25(4,16-29(20)28-21)23(32)27-15-17-8-6-5-7-9-17/h5-14H,15-16H2,1-4H3,(H,27,32)/t25-/m0/s1. The smallest absolute Gasteiger partial charge is 0.277 e. The highest BCUT2D eigenvalue weighted by molar-refractivity contribution is 6.11. The third-order valence-corrected chi connectivity index (χ3v) is 5.79. The van der Waals surface area contributed by atoms with Crippen LogP contribution in [-0.4, -0.2) is 27.1 Å². The molecule has 0 radical (unpaired) electrons. The van der Waals surface area contributed by atoms with Gasteiger partial charge in [0.1, 0.15) is 17.1 Å². The first-order valence-corrected chi connectivity index (χ1v) is 10.6. The number of amides is 2. The molecule has 0 saturated heterocycles. The van der Waals surface area contributed by atoms with E-state index in [4.69, 9.17) is 0 Å². The number of rotatable bonds is 4. The van der Waals surface area contributed by atoms with Crippen LogP contribution in [0.25, 0.3) is 0 Å². The molecule has 1 aromatic heterocycles. The lowest BCUT2D eigenvalue weighted by atomic mass is 9.91. The van der Waals surface area contributed by atoms with Crippen molar-refractivity contribution >= 4 is 17.5 Å². The molecule has 1 aliphatic heterocycles. The van der Waals surface area contributed by atoms with Crippen LogP contribution in [-0.2, 0) is 23.3 Å². The molecule has 3 aromatic rings. The van der Waals surface area contributed by atoms with Gasteiger partial charge in [-0.15, -0.1) is 0 Å². The molecule has 6 nitrogen and oxygen atoms in total. The summed E-state index contributed by atoms with van der Waals surface area (Å²) >= 11 is 0. The lowest BCUT2D eigenvalue weighted by Gasteiger charge is -2.43. The van der Waals surface area contributed by atoms with Gasteiger partial charge in [0, 0.05) is 17.6 Å². The largest absolute Gasteiger partial charge is 0.350 e. The highest BCUT2D eigenvalue weighted by Gasteiger charge is 2.49. The lowest BCUT2D eigenvalue weighted by Crippen LogP contribution is -2.64. The maximum Gasteiger partial charge on any atom is 0.277 e. The minimum atomic E-state index is -1.25. The first-order valence-electron chi connectivity index (χ1n) is 10.6. The summed E-state index contributed by atoms with van der Waals surface area (Å²) in [4.78, 5) is 28.6. The fraction of sp³-hybridized carbons (Fsp3) is 0.320. The Balaban J connectivity index is 1.74. The van der Waals surface area contributed by atoms with E-state index in [1.165, 1.54) is 29.2 Å². The van der Waals surface area contributed by atoms with Crippen molar-refractivity contribution in [1.29, 1.82) is 0 Å². The molecular weight excluding hydrogens is 407 g/mol. The Morgan fingerprint density at radius 1 is 1.12 bits per heavy atom. The molecule has 0 unspecified atom stereocenters. The number of carbonyl (C=O) groups excluding carboxylic acids is 2. The molecule has 1 aliphatic rings. The molecule has 0 fully saturated rings. The summed E-state index contributed by atoms with van der Waals surface area (Å²) in [6.45, 7) is 8.30. The molecule has 7 heteroatoms. The third-order valence-electron chi connectivity index (χ3n) is 5.79. The fourth-order valence-electron chi connectivity index (χ4n) is 3.91. The zero-order valence-electron chi connectivity index (χ0n) is 18.7. The van der Waals surface area contributed by atoms with Crippen LogP contribution < -0.4 is 10.2 Å². The van der Waals surface area contributed by atoms with E-state index in [9.17, 15) is 14.0 Å². The molecule has 32 heavy (non-hydrogen) atoms. The van der Waals surface area contributed by atoms with Gasteiger partial charge in [-0.05, 0) is 42.8 Å². The van der Waals surface area contributed by atoms with Crippen molar-refractivity contribution in [3.8, 4) is 0 Å². The summed E-state index contributed by atoms with van der Waals surface area (Å²) in [6, 6.07) is 17.0. The van der Waals surface area contributed by atoms with Crippen LogP contribution in [0.2, 0.25) is 0 Å². The number of anilines is 1. The van der Waals surface area contributed by atoms with E-state index >= 15 is 0 Å². The summed E-state index contributed by atoms with van der Waals surface area (Å²) in [6.07, 6.45) is 0. The number of halogens is 1. The van der Waals surface area contributed by atoms with Crippen molar-refractivity contribution in [3.63, 3.8) is 0 Å². The quantitative estimate of drug-likeness (QED) is 0.674. The molecule has 2 aromatic carbocycles. The summed E-state index contributed by atoms with van der Waals surface area (Å²) in [7, 11) is 0. The van der Waals surface area contributed by atoms with E-state index in [0.29, 0.717) is 17.9 Å². The van der Waals surface area contributed by atoms with Gasteiger partial charge in [-0.2, -0.15) is 5.10 Å². The minimum absolute atomic E-state index is 0.183. The molecule has 0 spiro atoms. The van der Waals surface area contributed by atoms with Crippen molar-refractivity contribution in [2.75, 3.05) is 4.90 Å². The van der Waals surface area contributed by atoms with Gasteiger partial charge >= 0.3 is 0 Å². The average Bonchev–Trinajstić information content (AvgIpc) is 3.19. The van der Waals surface area contributed by atoms with E-state index in [2.05, 4.69) is 10.4 Å². The predicted octanol–water partition coefficient (Wildman–Crippen LogP) is 4.06. The second-order valence-electron chi connectivity index (χ2n) is 9.38. The van der Waals surface area contributed by atoms with E-state index in [0.717, 1.165) is 11.3 Å². The summed E-state index contributed by atoms with van der Waals surface area (Å²) in [5, 5.41) is 7.60. The lowest BCUT2D eigenvalue weighted by molar-refractivity contribution is -0.126. The Hall–Kier alpha value is -3.48. The molecule has 0 aliphatic carbocycles. The van der Waals surface area contributed by atoms with Gasteiger partial charge in [0.2, 0.25) is 5.91 Å². The Bertz CT molecular complexity index is 1150. The monoisotopic (exact) mass is 434 g/mol. The minimum Gasteiger partial charge on any atom is -0.350 e. The maximum atomic E-state index is 13.6. The Morgan fingerprint density at radius 3 is 2.41 bits per heavy atom. The second-order valence-corrected chi connectivity index (χ2v) is 9.38. The van der Waals surface area contributed by atoms with Gasteiger partial charge in [-0.3, -0.25) is 19.2 Å². The topological polar surface area (TPSA) is 67.2 Å². The molecule has 2 heterocycles. The number of hydrogen-bond acceptors (Lipinski definition) is 3. The van der Waals surface area contributed by atoms with Gasteiger partial charge in [-0.1, -0.05) is 51.1 Å². The summed E-state index contributed by atoms with van der Waals surface area (Å²) in [5.74, 6) is -1.06. The van der Waals surface area contributed by atoms with Crippen molar-refractivity contribution < 1.29 is 14.0 Å². The van der Waals surface area contributed by atoms with Crippen molar-refractivity contribution in [2.45, 2.75) is 51.7 Å². The van der Waals surface area contributed by atoms with Crippen LogP contribution >= 0.6 is 0 Å². The number of fused-ring (bicyclic) bond motifs is 1. The van der Waals surface area contributed by atoms with Crippen LogP contribution in [0, 0.1) is 5.82 Å². The molecule has 2 amide bonds. The average molecular weight is 435 g/mol. The molecule has 166 valence electrons. The third kappa shape index (κ3) is 3.90. The molecule has 0 bridgehead atoms. The van der Waals surface area contributed by atoms with Gasteiger partial charge < -0.3 is 5.32 Å². The number of carbonyl (C=O) groups is 2. The molecular formula is C25H27FN4O2. The molecule has 0 saturated carbocycles. The normalized spacial score (nSPS) is 18.4. The Kier molecular flexibility index (Phi) is 5.36. The van der Waals surface area contributed by atoms with E-state index in [-0.39, 0.29) is 23.8 Å². The molecule has 4 rings (SSSR count). The number of nitrogens with zero attached hydrogens (tertiary/aromatic N) is 3. The van der Waals surface area contributed by atoms with Crippen LogP contribution in [0.4, 0.5) is 10.1 Å². The SMILES string of the molecule is CC(C)(C)c1cc2n(n1)C[C@@](C)(C(=O)NCc1ccccc1)N(c1ccc(F)cc1)C2=O. The van der Waals surface area contributed by atoms with Crippen molar-refractivity contribution in [3.05, 3.63) is 83.4 Å². The summed E-state index contributed by atoms with van der Waals surface area (Å²) < 4.78 is 15.2. The maximum absolute atomic E-state index is 13.6. The van der Waals surface area contributed by atoms with Crippen molar-refractivity contribution in [1.82, 2.24) is 15.1 Å². The van der Waals surface area contributed by atoms with Gasteiger partial charge in [0.05, 0.1) is 12.2 Å². The van der Waals surface area contributed by atoms with Crippen LogP contribution in [0.1, 0.15) is 49.4 Å². The van der Waals surface area contributed by atoms with Crippen LogP contribution in [0.15, 0.2) is 60.7 Å². The number of benzene rings is 2. The van der Waals surface area contributed by atoms with Crippen molar-refractivity contribution in [2.24, 2.45) is 0 Å². The zero-order chi connectivity index (χ0) is 23.1. The Labute approximate surface area is 187 Å². The predicted molar refractivity (Wildman–Crippen MR) is 121 cm³/mol. The highest BCUT2D eigenvalue weighted by Crippen LogP contribution is 2.34. The van der Waals surface area contributed by atoms with E-state index in [1.54, 1.807) is 17.7 Å². The molecule has 1 N–H and O–H groups in total. The van der Waals surface area contributed by atoms with E-state index in [1.807, 2.05) is 51.1 Å². The van der Waals surface area contributed by atoms with Gasteiger partial charge in [0.25, 0.3) is 5.91 Å². The van der Waals surface area contributed by atoms with Gasteiger partial charge in [-0.25, -0.2) is 4.39 Å². The number of hydrogen-bond donors (Lipinski definition) is 1. The number of aromatic nitrogens is 2. The first-order chi connectivity index (χ1) is 15.1. The second kappa shape index (κ2) is 7.89. The first kappa shape index (κ1) is 21.7. The molecule has 1 atom stereocenters. The Morgan fingerprint density at radius 2 is 1.78 bits per heavy atom.